The SMILES string of the molecule is O=C1CCN(c2cccc(Br)c2)C(=O)N1. The number of hydrogen-bond acceptors (Lipinski definition) is 2. The van der Waals surface area contributed by atoms with E-state index in [1.165, 1.54) is 0 Å². The van der Waals surface area contributed by atoms with Crippen LogP contribution in [-0.2, 0) is 4.79 Å². The molecule has 5 heteroatoms. The van der Waals surface area contributed by atoms with Crippen molar-refractivity contribution in [3.63, 3.8) is 0 Å². The normalized spacial score (nSPS) is 16.5. The van der Waals surface area contributed by atoms with Crippen LogP contribution in [0.1, 0.15) is 6.42 Å². The Labute approximate surface area is 95.4 Å². The Morgan fingerprint density at radius 3 is 2.80 bits per heavy atom. The molecule has 0 atom stereocenters. The van der Waals surface area contributed by atoms with E-state index in [4.69, 9.17) is 0 Å². The second-order valence-corrected chi connectivity index (χ2v) is 4.15. The maximum Gasteiger partial charge on any atom is 0.328 e. The van der Waals surface area contributed by atoms with Crippen molar-refractivity contribution in [2.45, 2.75) is 6.42 Å². The van der Waals surface area contributed by atoms with Crippen molar-refractivity contribution in [2.24, 2.45) is 0 Å². The number of carbonyl (C=O) groups is 2. The number of nitrogens with one attached hydrogen (secondary N) is 1. The van der Waals surface area contributed by atoms with Gasteiger partial charge in [-0.1, -0.05) is 22.0 Å². The van der Waals surface area contributed by atoms with Gasteiger partial charge in [-0.3, -0.25) is 15.0 Å². The quantitative estimate of drug-likeness (QED) is 0.846. The van der Waals surface area contributed by atoms with Crippen LogP contribution in [0.15, 0.2) is 28.7 Å². The Morgan fingerprint density at radius 1 is 1.33 bits per heavy atom. The van der Waals surface area contributed by atoms with Crippen molar-refractivity contribution < 1.29 is 9.59 Å². The van der Waals surface area contributed by atoms with Gasteiger partial charge in [0, 0.05) is 23.1 Å². The van der Waals surface area contributed by atoms with Gasteiger partial charge in [-0.15, -0.1) is 0 Å². The molecule has 0 spiro atoms. The second kappa shape index (κ2) is 4.02. The van der Waals surface area contributed by atoms with E-state index in [0.29, 0.717) is 13.0 Å². The summed E-state index contributed by atoms with van der Waals surface area (Å²) in [6, 6.07) is 7.05. The van der Waals surface area contributed by atoms with E-state index in [2.05, 4.69) is 21.2 Å². The molecule has 3 amide bonds. The fourth-order valence-corrected chi connectivity index (χ4v) is 1.84. The van der Waals surface area contributed by atoms with Gasteiger partial charge in [0.25, 0.3) is 0 Å². The summed E-state index contributed by atoms with van der Waals surface area (Å²) in [5.41, 5.74) is 0.786. The molecule has 15 heavy (non-hydrogen) atoms. The number of imide groups is 1. The summed E-state index contributed by atoms with van der Waals surface area (Å²) in [5, 5.41) is 2.28. The van der Waals surface area contributed by atoms with E-state index in [1.807, 2.05) is 24.3 Å². The van der Waals surface area contributed by atoms with Crippen LogP contribution >= 0.6 is 15.9 Å². The third kappa shape index (κ3) is 2.18. The minimum Gasteiger partial charge on any atom is -0.294 e. The molecule has 2 rings (SSSR count). The van der Waals surface area contributed by atoms with Gasteiger partial charge < -0.3 is 0 Å². The zero-order valence-corrected chi connectivity index (χ0v) is 9.45. The number of hydrogen-bond donors (Lipinski definition) is 1. The van der Waals surface area contributed by atoms with Crippen LogP contribution in [0.25, 0.3) is 0 Å². The summed E-state index contributed by atoms with van der Waals surface area (Å²) in [7, 11) is 0. The Morgan fingerprint density at radius 2 is 2.13 bits per heavy atom. The van der Waals surface area contributed by atoms with Crippen LogP contribution in [-0.4, -0.2) is 18.5 Å². The van der Waals surface area contributed by atoms with Crippen LogP contribution in [0, 0.1) is 0 Å². The van der Waals surface area contributed by atoms with Crippen LogP contribution in [0.3, 0.4) is 0 Å². The number of urea groups is 1. The van der Waals surface area contributed by atoms with Gasteiger partial charge in [0.1, 0.15) is 0 Å². The fraction of sp³-hybridized carbons (Fsp3) is 0.200. The average molecular weight is 269 g/mol. The number of rotatable bonds is 1. The molecule has 1 fully saturated rings. The molecule has 1 N–H and O–H groups in total. The number of benzene rings is 1. The first-order valence-corrected chi connectivity index (χ1v) is 5.33. The molecule has 1 aliphatic heterocycles. The van der Waals surface area contributed by atoms with E-state index in [0.717, 1.165) is 10.2 Å². The summed E-state index contributed by atoms with van der Waals surface area (Å²) in [5.74, 6) is -0.216. The molecule has 0 unspecified atom stereocenters. The number of anilines is 1. The lowest BCUT2D eigenvalue weighted by Crippen LogP contribution is -2.49. The Hall–Kier alpha value is -1.36. The molecule has 1 aromatic rings. The third-order valence-electron chi connectivity index (χ3n) is 2.17. The first kappa shape index (κ1) is 10.2. The van der Waals surface area contributed by atoms with Crippen molar-refractivity contribution in [2.75, 3.05) is 11.4 Å². The predicted octanol–water partition coefficient (Wildman–Crippen LogP) is 1.90. The molecule has 1 aromatic carbocycles. The predicted molar refractivity (Wildman–Crippen MR) is 59.6 cm³/mol. The Balaban J connectivity index is 2.24. The van der Waals surface area contributed by atoms with Crippen molar-refractivity contribution >= 4 is 33.6 Å². The molecule has 0 saturated carbocycles. The molecule has 1 heterocycles. The Bertz CT molecular complexity index is 420. The number of halogens is 1. The summed E-state index contributed by atoms with van der Waals surface area (Å²) < 4.78 is 0.907. The van der Waals surface area contributed by atoms with Crippen molar-refractivity contribution in [3.05, 3.63) is 28.7 Å². The van der Waals surface area contributed by atoms with Crippen LogP contribution < -0.4 is 10.2 Å². The van der Waals surface area contributed by atoms with Crippen molar-refractivity contribution in [1.29, 1.82) is 0 Å². The highest BCUT2D eigenvalue weighted by molar-refractivity contribution is 9.10. The molecule has 1 saturated heterocycles. The van der Waals surface area contributed by atoms with Crippen molar-refractivity contribution in [1.82, 2.24) is 5.32 Å². The molecule has 78 valence electrons. The minimum absolute atomic E-state index is 0.216. The highest BCUT2D eigenvalue weighted by Crippen LogP contribution is 2.21. The fourth-order valence-electron chi connectivity index (χ4n) is 1.45. The highest BCUT2D eigenvalue weighted by Gasteiger charge is 2.23. The van der Waals surface area contributed by atoms with E-state index in [9.17, 15) is 9.59 Å². The number of amides is 3. The molecule has 0 aliphatic carbocycles. The molecule has 0 radical (unpaired) electrons. The van der Waals surface area contributed by atoms with E-state index in [-0.39, 0.29) is 11.9 Å². The van der Waals surface area contributed by atoms with Gasteiger partial charge in [0.15, 0.2) is 0 Å². The first-order chi connectivity index (χ1) is 7.16. The van der Waals surface area contributed by atoms with Gasteiger partial charge in [-0.25, -0.2) is 4.79 Å². The summed E-state index contributed by atoms with van der Waals surface area (Å²) in [6.45, 7) is 0.432. The standard InChI is InChI=1S/C10H9BrN2O2/c11-7-2-1-3-8(6-7)13-5-4-9(14)12-10(13)15/h1-3,6H,4-5H2,(H,12,14,15). The van der Waals surface area contributed by atoms with Crippen LogP contribution in [0.4, 0.5) is 10.5 Å². The topological polar surface area (TPSA) is 49.4 Å². The van der Waals surface area contributed by atoms with Crippen LogP contribution in [0.2, 0.25) is 0 Å². The molecular weight excluding hydrogens is 260 g/mol. The van der Waals surface area contributed by atoms with Gasteiger partial charge in [-0.05, 0) is 18.2 Å². The Kier molecular flexibility index (Phi) is 2.73. The lowest BCUT2D eigenvalue weighted by molar-refractivity contribution is -0.120. The largest absolute Gasteiger partial charge is 0.328 e. The van der Waals surface area contributed by atoms with Gasteiger partial charge in [0.2, 0.25) is 5.91 Å². The van der Waals surface area contributed by atoms with E-state index >= 15 is 0 Å². The number of carbonyl (C=O) groups excluding carboxylic acids is 2. The van der Waals surface area contributed by atoms with Gasteiger partial charge in [0.05, 0.1) is 0 Å². The summed E-state index contributed by atoms with van der Waals surface area (Å²) in [4.78, 5) is 24.0. The smallest absolute Gasteiger partial charge is 0.294 e. The lowest BCUT2D eigenvalue weighted by Gasteiger charge is -2.26. The summed E-state index contributed by atoms with van der Waals surface area (Å²) in [6.07, 6.45) is 0.345. The highest BCUT2D eigenvalue weighted by atomic mass is 79.9. The number of nitrogens with zero attached hydrogens (tertiary/aromatic N) is 1. The first-order valence-electron chi connectivity index (χ1n) is 4.54. The molecule has 0 bridgehead atoms. The van der Waals surface area contributed by atoms with Crippen molar-refractivity contribution in [3.8, 4) is 0 Å². The average Bonchev–Trinajstić information content (AvgIpc) is 2.17. The lowest BCUT2D eigenvalue weighted by atomic mass is 10.2. The monoisotopic (exact) mass is 268 g/mol. The van der Waals surface area contributed by atoms with E-state index in [1.54, 1.807) is 4.90 Å². The second-order valence-electron chi connectivity index (χ2n) is 3.23. The van der Waals surface area contributed by atoms with Gasteiger partial charge in [-0.2, -0.15) is 0 Å². The molecule has 4 nitrogen and oxygen atoms in total. The third-order valence-corrected chi connectivity index (χ3v) is 2.67. The van der Waals surface area contributed by atoms with Gasteiger partial charge >= 0.3 is 6.03 Å². The van der Waals surface area contributed by atoms with E-state index < -0.39 is 0 Å². The molecule has 0 aromatic heterocycles. The maximum absolute atomic E-state index is 11.5. The van der Waals surface area contributed by atoms with Crippen LogP contribution in [0.5, 0.6) is 0 Å². The molecule has 1 aliphatic rings. The zero-order valence-electron chi connectivity index (χ0n) is 7.87. The minimum atomic E-state index is -0.357. The summed E-state index contributed by atoms with van der Waals surface area (Å²) >= 11 is 3.34. The zero-order chi connectivity index (χ0) is 10.8. The molecular formula is C10H9BrN2O2. The maximum atomic E-state index is 11.5.